The van der Waals surface area contributed by atoms with Gasteiger partial charge in [-0.05, 0) is 36.0 Å². The summed E-state index contributed by atoms with van der Waals surface area (Å²) in [5, 5.41) is 3.63. The van der Waals surface area contributed by atoms with E-state index in [1.807, 2.05) is 6.07 Å². The fraction of sp³-hybridized carbons (Fsp3) is 0.458. The number of nitrogens with one attached hydrogen (secondary N) is 1. The van der Waals surface area contributed by atoms with Gasteiger partial charge in [-0.3, -0.25) is 9.69 Å². The number of nitrogens with zero attached hydrogens (tertiary/aromatic N) is 2. The summed E-state index contributed by atoms with van der Waals surface area (Å²) < 4.78 is 14.1. The molecule has 154 valence electrons. The molecule has 2 aliphatic rings. The molecule has 5 heteroatoms. The van der Waals surface area contributed by atoms with Crippen molar-refractivity contribution in [3.63, 3.8) is 0 Å². The van der Waals surface area contributed by atoms with Crippen LogP contribution in [0.25, 0.3) is 0 Å². The highest BCUT2D eigenvalue weighted by atomic mass is 19.1. The Morgan fingerprint density at radius 3 is 2.34 bits per heavy atom. The van der Waals surface area contributed by atoms with Crippen molar-refractivity contribution in [1.29, 1.82) is 0 Å². The number of anilines is 1. The molecule has 0 radical (unpaired) electrons. The number of benzene rings is 2. The lowest BCUT2D eigenvalue weighted by molar-refractivity contribution is -0.119. The summed E-state index contributed by atoms with van der Waals surface area (Å²) in [7, 11) is 0. The quantitative estimate of drug-likeness (QED) is 0.839. The molecule has 0 aromatic heterocycles. The van der Waals surface area contributed by atoms with Crippen molar-refractivity contribution in [2.75, 3.05) is 24.5 Å². The lowest BCUT2D eigenvalue weighted by Crippen LogP contribution is -2.56. The Balaban J connectivity index is 1.37. The molecule has 0 aliphatic carbocycles. The first kappa shape index (κ1) is 20.0. The predicted molar refractivity (Wildman–Crippen MR) is 114 cm³/mol. The molecule has 1 unspecified atom stereocenters. The number of halogens is 1. The molecule has 2 fully saturated rings. The number of hydrogen-bond acceptors (Lipinski definition) is 3. The summed E-state index contributed by atoms with van der Waals surface area (Å²) in [6.07, 6.45) is 0.719. The zero-order valence-corrected chi connectivity index (χ0v) is 17.2. The zero-order valence-electron chi connectivity index (χ0n) is 17.2. The van der Waals surface area contributed by atoms with Crippen molar-refractivity contribution in [3.05, 3.63) is 66.0 Å². The van der Waals surface area contributed by atoms with Crippen molar-refractivity contribution in [3.8, 4) is 0 Å². The van der Waals surface area contributed by atoms with Gasteiger partial charge >= 0.3 is 0 Å². The van der Waals surface area contributed by atoms with Crippen molar-refractivity contribution in [2.45, 2.75) is 38.9 Å². The highest BCUT2D eigenvalue weighted by Crippen LogP contribution is 2.28. The Labute approximate surface area is 172 Å². The van der Waals surface area contributed by atoms with Crippen LogP contribution in [0.3, 0.4) is 0 Å². The number of hydrogen-bond donors (Lipinski definition) is 1. The fourth-order valence-electron chi connectivity index (χ4n) is 4.95. The molecule has 2 heterocycles. The van der Waals surface area contributed by atoms with Crippen LogP contribution in [0.1, 0.15) is 25.8 Å². The van der Waals surface area contributed by atoms with Gasteiger partial charge in [-0.1, -0.05) is 56.3 Å². The van der Waals surface area contributed by atoms with Gasteiger partial charge in [0.25, 0.3) is 0 Å². The Morgan fingerprint density at radius 2 is 1.66 bits per heavy atom. The molecular weight excluding hydrogens is 365 g/mol. The minimum Gasteiger partial charge on any atom is -0.308 e. The van der Waals surface area contributed by atoms with E-state index in [4.69, 9.17) is 0 Å². The number of amides is 1. The first-order valence-electron chi connectivity index (χ1n) is 10.6. The van der Waals surface area contributed by atoms with Gasteiger partial charge in [0, 0.05) is 32.2 Å². The van der Waals surface area contributed by atoms with Crippen LogP contribution in [0, 0.1) is 17.7 Å². The Morgan fingerprint density at radius 1 is 1.00 bits per heavy atom. The smallest absolute Gasteiger partial charge is 0.244 e. The molecule has 4 atom stereocenters. The van der Waals surface area contributed by atoms with Gasteiger partial charge in [0.15, 0.2) is 0 Å². The third-order valence-electron chi connectivity index (χ3n) is 6.31. The molecule has 0 bridgehead atoms. The molecule has 29 heavy (non-hydrogen) atoms. The fourth-order valence-corrected chi connectivity index (χ4v) is 4.95. The van der Waals surface area contributed by atoms with Gasteiger partial charge in [-0.15, -0.1) is 0 Å². The second-order valence-electron chi connectivity index (χ2n) is 8.61. The average Bonchev–Trinajstić information content (AvgIpc) is 3.06. The lowest BCUT2D eigenvalue weighted by Gasteiger charge is -2.42. The summed E-state index contributed by atoms with van der Waals surface area (Å²) in [6, 6.07) is 17.2. The van der Waals surface area contributed by atoms with Crippen molar-refractivity contribution in [1.82, 2.24) is 10.2 Å². The number of carbonyl (C=O) groups excluding carboxylic acids is 1. The third-order valence-corrected chi connectivity index (χ3v) is 6.31. The first-order valence-corrected chi connectivity index (χ1v) is 10.6. The molecule has 2 aliphatic heterocycles. The van der Waals surface area contributed by atoms with Crippen molar-refractivity contribution < 1.29 is 9.18 Å². The highest BCUT2D eigenvalue weighted by Gasteiger charge is 2.39. The van der Waals surface area contributed by atoms with E-state index in [1.165, 1.54) is 11.6 Å². The minimum absolute atomic E-state index is 0.0128. The largest absolute Gasteiger partial charge is 0.308 e. The lowest BCUT2D eigenvalue weighted by atomic mass is 9.85. The molecule has 1 amide bonds. The third kappa shape index (κ3) is 4.36. The van der Waals surface area contributed by atoms with E-state index >= 15 is 0 Å². The van der Waals surface area contributed by atoms with Crippen LogP contribution in [0.4, 0.5) is 10.1 Å². The predicted octanol–water partition coefficient (Wildman–Crippen LogP) is 3.68. The van der Waals surface area contributed by atoms with E-state index in [1.54, 1.807) is 23.1 Å². The van der Waals surface area contributed by atoms with Crippen LogP contribution in [-0.4, -0.2) is 42.5 Å². The molecular formula is C24H30FN3O. The second-order valence-corrected chi connectivity index (χ2v) is 8.61. The zero-order chi connectivity index (χ0) is 20.4. The van der Waals surface area contributed by atoms with Crippen LogP contribution in [-0.2, 0) is 11.3 Å². The SMILES string of the molecule is C[C@@H]1CN(Cc2ccccc2)C[C@H](C)C1N[C@H]1CCN(c2ccccc2F)C1=O. The van der Waals surface area contributed by atoms with Gasteiger partial charge in [0.2, 0.25) is 5.91 Å². The standard InChI is InChI=1S/C24H30FN3O/c1-17-14-27(16-19-8-4-3-5-9-19)15-18(2)23(17)26-21-12-13-28(24(21)29)22-11-7-6-10-20(22)25/h3-11,17-18,21,23,26H,12-16H2,1-2H3/t17-,18+,21-,23?/m0/s1. The van der Waals surface area contributed by atoms with E-state index in [0.717, 1.165) is 26.1 Å². The molecule has 0 spiro atoms. The van der Waals surface area contributed by atoms with E-state index in [0.29, 0.717) is 24.1 Å². The van der Waals surface area contributed by atoms with Gasteiger partial charge in [-0.2, -0.15) is 0 Å². The van der Waals surface area contributed by atoms with Gasteiger partial charge in [-0.25, -0.2) is 4.39 Å². The molecule has 4 rings (SSSR count). The topological polar surface area (TPSA) is 35.6 Å². The van der Waals surface area contributed by atoms with Crippen LogP contribution < -0.4 is 10.2 Å². The number of piperidine rings is 1. The number of carbonyl (C=O) groups is 1. The van der Waals surface area contributed by atoms with Gasteiger partial charge < -0.3 is 10.2 Å². The molecule has 2 aromatic carbocycles. The van der Waals surface area contributed by atoms with Crippen LogP contribution in [0.2, 0.25) is 0 Å². The van der Waals surface area contributed by atoms with E-state index < -0.39 is 0 Å². The van der Waals surface area contributed by atoms with E-state index in [9.17, 15) is 9.18 Å². The van der Waals surface area contributed by atoms with Crippen LogP contribution in [0.15, 0.2) is 54.6 Å². The highest BCUT2D eigenvalue weighted by molar-refractivity contribution is 5.99. The maximum Gasteiger partial charge on any atom is 0.244 e. The van der Waals surface area contributed by atoms with E-state index in [-0.39, 0.29) is 23.8 Å². The number of likely N-dealkylation sites (tertiary alicyclic amines) is 1. The summed E-state index contributed by atoms with van der Waals surface area (Å²) in [4.78, 5) is 17.0. The van der Waals surface area contributed by atoms with Crippen molar-refractivity contribution >= 4 is 11.6 Å². The van der Waals surface area contributed by atoms with E-state index in [2.05, 4.69) is 48.3 Å². The number of rotatable bonds is 5. The second kappa shape index (κ2) is 8.64. The Kier molecular flexibility index (Phi) is 5.97. The molecule has 0 saturated carbocycles. The summed E-state index contributed by atoms with van der Waals surface area (Å²) in [5.41, 5.74) is 1.73. The maximum absolute atomic E-state index is 14.1. The molecule has 2 saturated heterocycles. The minimum atomic E-state index is -0.336. The average molecular weight is 396 g/mol. The monoisotopic (exact) mass is 395 g/mol. The van der Waals surface area contributed by atoms with Gasteiger partial charge in [0.05, 0.1) is 11.7 Å². The maximum atomic E-state index is 14.1. The molecule has 4 nitrogen and oxygen atoms in total. The van der Waals surface area contributed by atoms with Crippen LogP contribution in [0.5, 0.6) is 0 Å². The van der Waals surface area contributed by atoms with Crippen molar-refractivity contribution in [2.24, 2.45) is 11.8 Å². The Hall–Kier alpha value is -2.24. The molecule has 2 aromatic rings. The Bertz CT molecular complexity index is 831. The first-order chi connectivity index (χ1) is 14.0. The van der Waals surface area contributed by atoms with Gasteiger partial charge in [0.1, 0.15) is 5.82 Å². The van der Waals surface area contributed by atoms with Crippen LogP contribution >= 0.6 is 0 Å². The summed E-state index contributed by atoms with van der Waals surface area (Å²) in [5.74, 6) is 0.536. The molecule has 1 N–H and O–H groups in total. The number of para-hydroxylation sites is 1. The summed E-state index contributed by atoms with van der Waals surface area (Å²) >= 11 is 0. The summed E-state index contributed by atoms with van der Waals surface area (Å²) in [6.45, 7) is 8.07. The normalized spacial score (nSPS) is 28.1.